The second-order valence-electron chi connectivity index (χ2n) is 6.89. The van der Waals surface area contributed by atoms with Gasteiger partial charge in [0.25, 0.3) is 0 Å². The molecule has 1 N–H and O–H groups in total. The Morgan fingerprint density at radius 3 is 2.85 bits per heavy atom. The molecule has 3 aliphatic carbocycles. The van der Waals surface area contributed by atoms with Gasteiger partial charge in [0.05, 0.1) is 4.47 Å². The number of fused-ring (bicyclic) bond motifs is 5. The number of nitrogens with one attached hydrogen (secondary N) is 1. The zero-order valence-electron chi connectivity index (χ0n) is 11.6. The van der Waals surface area contributed by atoms with Crippen LogP contribution in [0.4, 0.5) is 4.39 Å². The van der Waals surface area contributed by atoms with Crippen LogP contribution in [-0.4, -0.2) is 6.04 Å². The van der Waals surface area contributed by atoms with E-state index in [1.54, 1.807) is 12.1 Å². The van der Waals surface area contributed by atoms with Gasteiger partial charge in [0, 0.05) is 12.6 Å². The highest BCUT2D eigenvalue weighted by atomic mass is 79.9. The Hall–Kier alpha value is -0.410. The zero-order chi connectivity index (χ0) is 13.7. The van der Waals surface area contributed by atoms with Crippen molar-refractivity contribution in [3.05, 3.63) is 34.1 Å². The fourth-order valence-corrected chi connectivity index (χ4v) is 5.45. The number of halogens is 2. The standard InChI is InChI=1S/C17H21BrFN/c18-15-5-4-10(6-16(15)19)9-20-17-8-11-7-14(17)13-3-1-2-12(11)13/h4-6,11-14,17,20H,1-3,7-9H2. The van der Waals surface area contributed by atoms with Gasteiger partial charge < -0.3 is 5.32 Å². The summed E-state index contributed by atoms with van der Waals surface area (Å²) in [6, 6.07) is 6.13. The smallest absolute Gasteiger partial charge is 0.137 e. The Bertz CT molecular complexity index is 518. The molecule has 0 aromatic heterocycles. The van der Waals surface area contributed by atoms with Gasteiger partial charge >= 0.3 is 0 Å². The van der Waals surface area contributed by atoms with Crippen LogP contribution in [0.25, 0.3) is 0 Å². The molecule has 4 rings (SSSR count). The van der Waals surface area contributed by atoms with Crippen molar-refractivity contribution < 1.29 is 4.39 Å². The van der Waals surface area contributed by atoms with E-state index in [1.807, 2.05) is 6.07 Å². The van der Waals surface area contributed by atoms with E-state index in [0.717, 1.165) is 35.8 Å². The molecule has 1 aromatic carbocycles. The van der Waals surface area contributed by atoms with Crippen LogP contribution in [0.5, 0.6) is 0 Å². The lowest BCUT2D eigenvalue weighted by molar-refractivity contribution is 0.208. The molecule has 0 aliphatic heterocycles. The van der Waals surface area contributed by atoms with Gasteiger partial charge in [0.15, 0.2) is 0 Å². The van der Waals surface area contributed by atoms with Crippen LogP contribution in [0, 0.1) is 29.5 Å². The summed E-state index contributed by atoms with van der Waals surface area (Å²) in [4.78, 5) is 0. The summed E-state index contributed by atoms with van der Waals surface area (Å²) in [6.07, 6.45) is 7.19. The first-order valence-electron chi connectivity index (χ1n) is 7.89. The second-order valence-corrected chi connectivity index (χ2v) is 7.74. The molecule has 20 heavy (non-hydrogen) atoms. The van der Waals surface area contributed by atoms with Crippen molar-refractivity contribution in [1.82, 2.24) is 5.32 Å². The minimum Gasteiger partial charge on any atom is -0.310 e. The quantitative estimate of drug-likeness (QED) is 0.856. The highest BCUT2D eigenvalue weighted by Crippen LogP contribution is 2.58. The first-order valence-corrected chi connectivity index (χ1v) is 8.69. The highest BCUT2D eigenvalue weighted by molar-refractivity contribution is 9.10. The Morgan fingerprint density at radius 1 is 1.15 bits per heavy atom. The molecule has 3 aliphatic rings. The van der Waals surface area contributed by atoms with Gasteiger partial charge in [-0.05, 0) is 83.0 Å². The van der Waals surface area contributed by atoms with Crippen LogP contribution in [0.2, 0.25) is 0 Å². The second kappa shape index (κ2) is 5.10. The third-order valence-corrected chi connectivity index (χ3v) is 6.62. The van der Waals surface area contributed by atoms with E-state index in [1.165, 1.54) is 32.1 Å². The normalized spacial score (nSPS) is 38.4. The fraction of sp³-hybridized carbons (Fsp3) is 0.647. The molecule has 0 saturated heterocycles. The third kappa shape index (κ3) is 2.14. The summed E-state index contributed by atoms with van der Waals surface area (Å²) in [7, 11) is 0. The van der Waals surface area contributed by atoms with Crippen molar-refractivity contribution in [1.29, 1.82) is 0 Å². The van der Waals surface area contributed by atoms with Crippen LogP contribution in [0.15, 0.2) is 22.7 Å². The maximum atomic E-state index is 13.5. The first-order chi connectivity index (χ1) is 9.72. The molecular weight excluding hydrogens is 317 g/mol. The SMILES string of the molecule is Fc1cc(CNC2CC3CC2C2CCCC32)ccc1Br. The van der Waals surface area contributed by atoms with E-state index in [-0.39, 0.29) is 5.82 Å². The van der Waals surface area contributed by atoms with E-state index >= 15 is 0 Å². The maximum Gasteiger partial charge on any atom is 0.137 e. The summed E-state index contributed by atoms with van der Waals surface area (Å²) in [5.74, 6) is 3.75. The molecule has 0 radical (unpaired) electrons. The summed E-state index contributed by atoms with van der Waals surface area (Å²) in [5, 5.41) is 3.71. The molecule has 0 amide bonds. The summed E-state index contributed by atoms with van der Waals surface area (Å²) in [5.41, 5.74) is 1.05. The summed E-state index contributed by atoms with van der Waals surface area (Å²) < 4.78 is 14.1. The monoisotopic (exact) mass is 337 g/mol. The van der Waals surface area contributed by atoms with Gasteiger partial charge in [-0.1, -0.05) is 12.5 Å². The predicted molar refractivity (Wildman–Crippen MR) is 81.8 cm³/mol. The number of rotatable bonds is 3. The van der Waals surface area contributed by atoms with E-state index in [4.69, 9.17) is 0 Å². The van der Waals surface area contributed by atoms with Crippen molar-refractivity contribution in [3.63, 3.8) is 0 Å². The minimum absolute atomic E-state index is 0.159. The van der Waals surface area contributed by atoms with Gasteiger partial charge in [0.1, 0.15) is 5.82 Å². The number of hydrogen-bond donors (Lipinski definition) is 1. The molecule has 2 bridgehead atoms. The highest BCUT2D eigenvalue weighted by Gasteiger charge is 2.53. The molecule has 108 valence electrons. The molecule has 0 spiro atoms. The van der Waals surface area contributed by atoms with Crippen molar-refractivity contribution in [3.8, 4) is 0 Å². The van der Waals surface area contributed by atoms with Gasteiger partial charge in [-0.3, -0.25) is 0 Å². The average Bonchev–Trinajstić information content (AvgIpc) is 3.11. The largest absolute Gasteiger partial charge is 0.310 e. The van der Waals surface area contributed by atoms with Crippen LogP contribution in [0.1, 0.15) is 37.7 Å². The lowest BCUT2D eigenvalue weighted by Crippen LogP contribution is -2.38. The average molecular weight is 338 g/mol. The van der Waals surface area contributed by atoms with E-state index < -0.39 is 0 Å². The minimum atomic E-state index is -0.159. The number of benzene rings is 1. The van der Waals surface area contributed by atoms with Crippen molar-refractivity contribution in [2.24, 2.45) is 23.7 Å². The molecule has 5 atom stereocenters. The predicted octanol–water partition coefficient (Wildman–Crippen LogP) is 4.50. The molecule has 0 heterocycles. The molecule has 3 heteroatoms. The summed E-state index contributed by atoms with van der Waals surface area (Å²) >= 11 is 3.21. The molecule has 1 nitrogen and oxygen atoms in total. The topological polar surface area (TPSA) is 12.0 Å². The van der Waals surface area contributed by atoms with Gasteiger partial charge in [-0.2, -0.15) is 0 Å². The van der Waals surface area contributed by atoms with Gasteiger partial charge in [-0.25, -0.2) is 4.39 Å². The third-order valence-electron chi connectivity index (χ3n) is 5.98. The van der Waals surface area contributed by atoms with E-state index in [9.17, 15) is 4.39 Å². The molecule has 3 fully saturated rings. The van der Waals surface area contributed by atoms with Crippen molar-refractivity contribution in [2.75, 3.05) is 0 Å². The molecular formula is C17H21BrFN. The van der Waals surface area contributed by atoms with Crippen LogP contribution in [0.3, 0.4) is 0 Å². The lowest BCUT2D eigenvalue weighted by atomic mass is 9.79. The van der Waals surface area contributed by atoms with Crippen LogP contribution >= 0.6 is 15.9 Å². The van der Waals surface area contributed by atoms with E-state index in [0.29, 0.717) is 10.5 Å². The molecule has 3 saturated carbocycles. The molecule has 1 aromatic rings. The van der Waals surface area contributed by atoms with Crippen molar-refractivity contribution >= 4 is 15.9 Å². The summed E-state index contributed by atoms with van der Waals surface area (Å²) in [6.45, 7) is 0.801. The van der Waals surface area contributed by atoms with Crippen LogP contribution in [-0.2, 0) is 6.54 Å². The Kier molecular flexibility index (Phi) is 3.38. The van der Waals surface area contributed by atoms with Crippen molar-refractivity contribution in [2.45, 2.75) is 44.7 Å². The lowest BCUT2D eigenvalue weighted by Gasteiger charge is -2.32. The Morgan fingerprint density at radius 2 is 2.00 bits per heavy atom. The Balaban J connectivity index is 1.40. The number of hydrogen-bond acceptors (Lipinski definition) is 1. The van der Waals surface area contributed by atoms with Gasteiger partial charge in [-0.15, -0.1) is 0 Å². The van der Waals surface area contributed by atoms with Crippen LogP contribution < -0.4 is 5.32 Å². The van der Waals surface area contributed by atoms with E-state index in [2.05, 4.69) is 21.2 Å². The Labute approximate surface area is 128 Å². The fourth-order valence-electron chi connectivity index (χ4n) is 5.20. The zero-order valence-corrected chi connectivity index (χ0v) is 13.2. The maximum absolute atomic E-state index is 13.5. The molecule has 5 unspecified atom stereocenters. The first kappa shape index (κ1) is 13.3. The van der Waals surface area contributed by atoms with Gasteiger partial charge in [0.2, 0.25) is 0 Å².